The Morgan fingerprint density at radius 3 is 2.90 bits per heavy atom. The molecule has 0 spiro atoms. The van der Waals surface area contributed by atoms with E-state index in [2.05, 4.69) is 4.74 Å². The minimum absolute atomic E-state index is 0.131. The van der Waals surface area contributed by atoms with Crippen LogP contribution in [0.5, 0.6) is 0 Å². The van der Waals surface area contributed by atoms with Gasteiger partial charge in [0.1, 0.15) is 6.04 Å². The third-order valence-electron chi connectivity index (χ3n) is 1.17. The zero-order valence-corrected chi connectivity index (χ0v) is 6.46. The van der Waals surface area contributed by atoms with E-state index in [-0.39, 0.29) is 12.8 Å². The molecule has 3 nitrogen and oxygen atoms in total. The summed E-state index contributed by atoms with van der Waals surface area (Å²) in [6, 6.07) is -0.646. The highest BCUT2D eigenvalue weighted by Gasteiger charge is 2.17. The normalized spacial score (nSPS) is 17.3. The summed E-state index contributed by atoms with van der Waals surface area (Å²) in [6.07, 6.45) is 0. The lowest BCUT2D eigenvalue weighted by molar-refractivity contribution is -0.145. The van der Waals surface area contributed by atoms with E-state index in [1.54, 1.807) is 13.8 Å². The molecule has 2 atom stereocenters. The Morgan fingerprint density at radius 1 is 1.90 bits per heavy atom. The van der Waals surface area contributed by atoms with Crippen molar-refractivity contribution in [3.63, 3.8) is 0 Å². The summed E-state index contributed by atoms with van der Waals surface area (Å²) in [5, 5.41) is 0. The summed E-state index contributed by atoms with van der Waals surface area (Å²) in [7, 11) is 0. The topological polar surface area (TPSA) is 52.3 Å². The van der Waals surface area contributed by atoms with Crippen LogP contribution in [0.4, 0.5) is 0 Å². The van der Waals surface area contributed by atoms with Crippen molar-refractivity contribution >= 4 is 5.97 Å². The first kappa shape index (κ1) is 7.54. The van der Waals surface area contributed by atoms with Gasteiger partial charge < -0.3 is 10.5 Å². The molecule has 60 valence electrons. The Morgan fingerprint density at radius 2 is 2.50 bits per heavy atom. The summed E-state index contributed by atoms with van der Waals surface area (Å²) in [5.74, 6) is -0.540. The third kappa shape index (κ3) is 2.82. The molecule has 0 aromatic heterocycles. The molecule has 0 aliphatic rings. The van der Waals surface area contributed by atoms with Crippen LogP contribution in [0.25, 0.3) is 0 Å². The zero-order chi connectivity index (χ0) is 8.85. The average Bonchev–Trinajstić information content (AvgIpc) is 2.02. The fraction of sp³-hybridized carbons (Fsp3) is 0.857. The number of rotatable bonds is 3. The van der Waals surface area contributed by atoms with Crippen LogP contribution in [0.15, 0.2) is 0 Å². The van der Waals surface area contributed by atoms with Crippen LogP contribution in [-0.4, -0.2) is 18.6 Å². The molecule has 0 radical (unpaired) electrons. The van der Waals surface area contributed by atoms with Crippen LogP contribution in [-0.2, 0) is 9.53 Å². The van der Waals surface area contributed by atoms with Crippen LogP contribution in [0, 0.1) is 5.92 Å². The Balaban J connectivity index is 3.80. The minimum Gasteiger partial charge on any atom is -0.465 e. The van der Waals surface area contributed by atoms with E-state index in [4.69, 9.17) is 7.10 Å². The van der Waals surface area contributed by atoms with E-state index >= 15 is 0 Å². The molecule has 0 amide bonds. The molecule has 0 saturated carbocycles. The van der Waals surface area contributed by atoms with E-state index in [0.717, 1.165) is 0 Å². The van der Waals surface area contributed by atoms with Gasteiger partial charge in [-0.05, 0) is 12.8 Å². The molecular formula is C7H15NO2. The molecule has 3 heteroatoms. The zero-order valence-electron chi connectivity index (χ0n) is 7.46. The second kappa shape index (κ2) is 4.28. The summed E-state index contributed by atoms with van der Waals surface area (Å²) in [6.45, 7) is 3.99. The van der Waals surface area contributed by atoms with Gasteiger partial charge in [-0.15, -0.1) is 0 Å². The Hall–Kier alpha value is -0.570. The highest BCUT2D eigenvalue weighted by Crippen LogP contribution is 1.99. The fourth-order valence-corrected chi connectivity index (χ4v) is 0.471. The largest absolute Gasteiger partial charge is 0.465 e. The highest BCUT2D eigenvalue weighted by atomic mass is 16.5. The van der Waals surface area contributed by atoms with Gasteiger partial charge in [0, 0.05) is 1.37 Å². The van der Waals surface area contributed by atoms with Crippen LogP contribution in [0.2, 0.25) is 0 Å². The van der Waals surface area contributed by atoms with Crippen LogP contribution < -0.4 is 5.73 Å². The number of carbonyl (C=O) groups is 1. The van der Waals surface area contributed by atoms with Crippen molar-refractivity contribution in [2.45, 2.75) is 26.8 Å². The predicted molar refractivity (Wildman–Crippen MR) is 39.4 cm³/mol. The maximum atomic E-state index is 10.9. The first-order chi connectivity index (χ1) is 5.13. The van der Waals surface area contributed by atoms with Gasteiger partial charge in [-0.2, -0.15) is 0 Å². The molecule has 2 N–H and O–H groups in total. The lowest BCUT2D eigenvalue weighted by atomic mass is 10.1. The predicted octanol–water partition coefficient (Wildman–Crippen LogP) is 0.533. The Labute approximate surface area is 62.9 Å². The molecular weight excluding hydrogens is 130 g/mol. The van der Waals surface area contributed by atoms with Crippen molar-refractivity contribution in [1.29, 1.82) is 0 Å². The number of esters is 1. The maximum absolute atomic E-state index is 10.9. The molecule has 0 aromatic carbocycles. The summed E-state index contributed by atoms with van der Waals surface area (Å²) < 4.78 is 11.7. The molecule has 0 rings (SSSR count). The lowest BCUT2D eigenvalue weighted by Crippen LogP contribution is -2.36. The lowest BCUT2D eigenvalue weighted by Gasteiger charge is -2.12. The van der Waals surface area contributed by atoms with Gasteiger partial charge in [-0.1, -0.05) is 13.8 Å². The smallest absolute Gasteiger partial charge is 0.323 e. The second-order valence-electron chi connectivity index (χ2n) is 2.26. The maximum Gasteiger partial charge on any atom is 0.323 e. The fourth-order valence-electron chi connectivity index (χ4n) is 0.471. The standard InChI is InChI=1S/C7H15NO2/c1-4-10-7(9)6(8)5(2)3/h5-6H,4,8H2,1-3H3/t6-/m0/s1/i2D/t5?,6-. The summed E-state index contributed by atoms with van der Waals surface area (Å²) >= 11 is 0. The number of nitrogens with two attached hydrogens (primary N) is 1. The van der Waals surface area contributed by atoms with Crippen molar-refractivity contribution in [2.24, 2.45) is 11.7 Å². The first-order valence-electron chi connectivity index (χ1n) is 4.05. The van der Waals surface area contributed by atoms with Crippen LogP contribution >= 0.6 is 0 Å². The Kier molecular flexibility index (Phi) is 3.22. The van der Waals surface area contributed by atoms with Crippen molar-refractivity contribution < 1.29 is 10.9 Å². The number of hydrogen-bond acceptors (Lipinski definition) is 3. The number of ether oxygens (including phenoxy) is 1. The molecule has 1 unspecified atom stereocenters. The molecule has 10 heavy (non-hydrogen) atoms. The highest BCUT2D eigenvalue weighted by molar-refractivity contribution is 5.75. The molecule has 0 saturated heterocycles. The van der Waals surface area contributed by atoms with E-state index in [1.807, 2.05) is 0 Å². The third-order valence-corrected chi connectivity index (χ3v) is 1.17. The van der Waals surface area contributed by atoms with Gasteiger partial charge in [0.05, 0.1) is 6.61 Å². The van der Waals surface area contributed by atoms with Crippen LogP contribution in [0.1, 0.15) is 22.1 Å². The van der Waals surface area contributed by atoms with Crippen LogP contribution in [0.3, 0.4) is 0 Å². The van der Waals surface area contributed by atoms with E-state index in [0.29, 0.717) is 6.61 Å². The van der Waals surface area contributed by atoms with Crippen molar-refractivity contribution in [1.82, 2.24) is 0 Å². The second-order valence-corrected chi connectivity index (χ2v) is 2.26. The van der Waals surface area contributed by atoms with Gasteiger partial charge >= 0.3 is 5.97 Å². The van der Waals surface area contributed by atoms with Crippen molar-refractivity contribution in [3.8, 4) is 0 Å². The molecule has 0 aliphatic heterocycles. The molecule has 0 bridgehead atoms. The van der Waals surface area contributed by atoms with E-state index in [1.165, 1.54) is 0 Å². The minimum atomic E-state index is -0.646. The Bertz CT molecular complexity index is 130. The van der Waals surface area contributed by atoms with Gasteiger partial charge in [0.2, 0.25) is 0 Å². The van der Waals surface area contributed by atoms with Crippen molar-refractivity contribution in [2.75, 3.05) is 6.61 Å². The first-order valence-corrected chi connectivity index (χ1v) is 3.34. The quantitative estimate of drug-likeness (QED) is 0.591. The molecule has 0 aromatic rings. The van der Waals surface area contributed by atoms with E-state index < -0.39 is 12.0 Å². The molecule has 0 aliphatic carbocycles. The van der Waals surface area contributed by atoms with E-state index in [9.17, 15) is 4.79 Å². The van der Waals surface area contributed by atoms with Crippen molar-refractivity contribution in [3.05, 3.63) is 0 Å². The van der Waals surface area contributed by atoms with Gasteiger partial charge in [-0.25, -0.2) is 0 Å². The van der Waals surface area contributed by atoms with Gasteiger partial charge in [0.25, 0.3) is 0 Å². The number of carbonyl (C=O) groups excluding carboxylic acids is 1. The summed E-state index contributed by atoms with van der Waals surface area (Å²) in [4.78, 5) is 10.9. The molecule has 0 fully saturated rings. The van der Waals surface area contributed by atoms with Gasteiger partial charge in [0.15, 0.2) is 0 Å². The summed E-state index contributed by atoms with van der Waals surface area (Å²) in [5.41, 5.74) is 5.46. The molecule has 0 heterocycles. The average molecular weight is 146 g/mol. The van der Waals surface area contributed by atoms with Gasteiger partial charge in [-0.3, -0.25) is 4.79 Å². The SMILES string of the molecule is [2H]CC(C)[C@H](N)C(=O)OCC. The monoisotopic (exact) mass is 146 g/mol. The number of hydrogen-bond donors (Lipinski definition) is 1.